The second-order valence-corrected chi connectivity index (χ2v) is 13.3. The van der Waals surface area contributed by atoms with Crippen molar-refractivity contribution in [3.05, 3.63) is 63.1 Å². The van der Waals surface area contributed by atoms with Gasteiger partial charge in [-0.15, -0.1) is 11.3 Å². The molecule has 1 aromatic carbocycles. The summed E-state index contributed by atoms with van der Waals surface area (Å²) in [6.07, 6.45) is 6.51. The SMILES string of the molecule is Cn1c(=O)n(-c2csc(C(=O)Nc3cnccc3C3CCN(C(=O)OC(C)(C)C)CC3)n2)c2cccc(OCC3CCCO3)c21. The number of aryl methyl sites for hydroxylation is 1. The Morgan fingerprint density at radius 2 is 1.96 bits per heavy atom. The second kappa shape index (κ2) is 12.6. The molecule has 1 N–H and O–H groups in total. The zero-order chi connectivity index (χ0) is 31.7. The second-order valence-electron chi connectivity index (χ2n) is 12.4. The smallest absolute Gasteiger partial charge is 0.410 e. The maximum atomic E-state index is 13.4. The number of amides is 2. The van der Waals surface area contributed by atoms with E-state index in [4.69, 9.17) is 14.2 Å². The molecule has 0 radical (unpaired) electrons. The number of anilines is 1. The average Bonchev–Trinajstić information content (AvgIpc) is 3.77. The number of carbonyl (C=O) groups excluding carboxylic acids is 2. The summed E-state index contributed by atoms with van der Waals surface area (Å²) in [4.78, 5) is 49.8. The van der Waals surface area contributed by atoms with Gasteiger partial charge >= 0.3 is 11.8 Å². The maximum absolute atomic E-state index is 13.4. The molecule has 13 heteroatoms. The van der Waals surface area contributed by atoms with Crippen molar-refractivity contribution in [3.8, 4) is 11.6 Å². The Labute approximate surface area is 264 Å². The van der Waals surface area contributed by atoms with Crippen molar-refractivity contribution in [2.45, 2.75) is 64.1 Å². The summed E-state index contributed by atoms with van der Waals surface area (Å²) >= 11 is 1.16. The largest absolute Gasteiger partial charge is 0.489 e. The normalized spacial score (nSPS) is 17.5. The number of hydrogen-bond acceptors (Lipinski definition) is 9. The van der Waals surface area contributed by atoms with Crippen LogP contribution in [0.3, 0.4) is 0 Å². The fourth-order valence-corrected chi connectivity index (χ4v) is 6.57. The predicted molar refractivity (Wildman–Crippen MR) is 171 cm³/mol. The lowest BCUT2D eigenvalue weighted by Gasteiger charge is -2.34. The molecule has 12 nitrogen and oxygen atoms in total. The summed E-state index contributed by atoms with van der Waals surface area (Å²) in [6, 6.07) is 7.43. The third kappa shape index (κ3) is 6.59. The molecule has 2 fully saturated rings. The van der Waals surface area contributed by atoms with E-state index < -0.39 is 5.60 Å². The molecule has 0 spiro atoms. The topological polar surface area (TPSA) is 130 Å². The fraction of sp³-hybridized carbons (Fsp3) is 0.469. The highest BCUT2D eigenvalue weighted by Gasteiger charge is 2.29. The van der Waals surface area contributed by atoms with Crippen molar-refractivity contribution in [2.75, 3.05) is 31.6 Å². The summed E-state index contributed by atoms with van der Waals surface area (Å²) in [6.45, 7) is 7.85. The van der Waals surface area contributed by atoms with E-state index in [9.17, 15) is 14.4 Å². The average molecular weight is 635 g/mol. The van der Waals surface area contributed by atoms with E-state index in [1.54, 1.807) is 29.7 Å². The number of nitrogens with zero attached hydrogens (tertiary/aromatic N) is 5. The fourth-order valence-electron chi connectivity index (χ4n) is 5.89. The maximum Gasteiger partial charge on any atom is 0.410 e. The molecule has 0 bridgehead atoms. The van der Waals surface area contributed by atoms with Gasteiger partial charge in [0.1, 0.15) is 23.5 Å². The Hall–Kier alpha value is -4.23. The van der Waals surface area contributed by atoms with Crippen LogP contribution in [-0.4, -0.2) is 74.0 Å². The first kappa shape index (κ1) is 30.8. The Balaban J connectivity index is 1.17. The first-order valence-corrected chi connectivity index (χ1v) is 16.1. The van der Waals surface area contributed by atoms with Crippen LogP contribution in [0.25, 0.3) is 16.9 Å². The Morgan fingerprint density at radius 3 is 2.69 bits per heavy atom. The number of nitrogens with one attached hydrogen (secondary N) is 1. The Kier molecular flexibility index (Phi) is 8.65. The molecule has 6 rings (SSSR count). The number of pyridine rings is 1. The van der Waals surface area contributed by atoms with Gasteiger partial charge in [0.2, 0.25) is 0 Å². The number of imidazole rings is 1. The van der Waals surface area contributed by atoms with Crippen LogP contribution in [0.4, 0.5) is 10.5 Å². The van der Waals surface area contributed by atoms with E-state index in [0.29, 0.717) is 48.0 Å². The van der Waals surface area contributed by atoms with Crippen LogP contribution in [0.1, 0.15) is 67.7 Å². The number of benzene rings is 1. The highest BCUT2D eigenvalue weighted by Crippen LogP contribution is 2.34. The molecule has 1 unspecified atom stereocenters. The Bertz CT molecular complexity index is 1760. The van der Waals surface area contributed by atoms with Crippen molar-refractivity contribution in [1.82, 2.24) is 24.0 Å². The lowest BCUT2D eigenvalue weighted by molar-refractivity contribution is 0.0205. The number of thiazole rings is 1. The van der Waals surface area contributed by atoms with Crippen LogP contribution in [0.15, 0.2) is 46.8 Å². The molecule has 3 aromatic heterocycles. The third-order valence-corrected chi connectivity index (χ3v) is 8.91. The van der Waals surface area contributed by atoms with Gasteiger partial charge in [0.05, 0.1) is 23.5 Å². The number of rotatable bonds is 7. The van der Waals surface area contributed by atoms with E-state index in [2.05, 4.69) is 15.3 Å². The standard InChI is InChI=1S/C32H38N6O6S/c1-32(2,3)44-31(41)37-14-11-20(12-15-37)22-10-13-33-17-23(22)34-28(39)29-35-26(19-45-29)38-24-8-5-9-25(27(24)36(4)30(38)40)43-18-21-7-6-16-42-21/h5,8-10,13,17,19-21H,6-7,11-12,14-16,18H2,1-4H3,(H,34,39). The highest BCUT2D eigenvalue weighted by atomic mass is 32.1. The van der Waals surface area contributed by atoms with Crippen LogP contribution in [0, 0.1) is 0 Å². The quantitative estimate of drug-likeness (QED) is 0.297. The van der Waals surface area contributed by atoms with Gasteiger partial charge in [-0.25, -0.2) is 19.1 Å². The molecule has 2 amide bonds. The van der Waals surface area contributed by atoms with Gasteiger partial charge in [0.15, 0.2) is 10.8 Å². The molecule has 238 valence electrons. The monoisotopic (exact) mass is 634 g/mol. The molecule has 2 aliphatic rings. The minimum Gasteiger partial charge on any atom is -0.489 e. The summed E-state index contributed by atoms with van der Waals surface area (Å²) in [7, 11) is 1.70. The summed E-state index contributed by atoms with van der Waals surface area (Å²) in [5.74, 6) is 0.703. The number of para-hydroxylation sites is 1. The number of fused-ring (bicyclic) bond motifs is 1. The molecular formula is C32H38N6O6S. The van der Waals surface area contributed by atoms with Gasteiger partial charge in [-0.3, -0.25) is 14.3 Å². The van der Waals surface area contributed by atoms with Crippen LogP contribution >= 0.6 is 11.3 Å². The summed E-state index contributed by atoms with van der Waals surface area (Å²) < 4.78 is 20.3. The van der Waals surface area contributed by atoms with Gasteiger partial charge < -0.3 is 24.4 Å². The molecule has 45 heavy (non-hydrogen) atoms. The van der Waals surface area contributed by atoms with Gasteiger partial charge in [0.25, 0.3) is 5.91 Å². The number of carbonyl (C=O) groups is 2. The van der Waals surface area contributed by atoms with E-state index in [0.717, 1.165) is 49.2 Å². The van der Waals surface area contributed by atoms with Gasteiger partial charge in [-0.1, -0.05) is 6.07 Å². The summed E-state index contributed by atoms with van der Waals surface area (Å²) in [5, 5.41) is 4.90. The number of ether oxygens (including phenoxy) is 3. The van der Waals surface area contributed by atoms with Crippen LogP contribution in [0.2, 0.25) is 0 Å². The van der Waals surface area contributed by atoms with Crippen LogP contribution in [-0.2, 0) is 16.5 Å². The van der Waals surface area contributed by atoms with E-state index in [-0.39, 0.29) is 34.7 Å². The predicted octanol–water partition coefficient (Wildman–Crippen LogP) is 5.11. The number of piperidine rings is 1. The molecular weight excluding hydrogens is 596 g/mol. The van der Waals surface area contributed by atoms with Gasteiger partial charge in [-0.2, -0.15) is 0 Å². The minimum absolute atomic E-state index is 0.0457. The van der Waals surface area contributed by atoms with Crippen molar-refractivity contribution in [2.24, 2.45) is 7.05 Å². The molecule has 2 saturated heterocycles. The van der Waals surface area contributed by atoms with Gasteiger partial charge in [-0.05, 0) is 76.1 Å². The lowest BCUT2D eigenvalue weighted by Crippen LogP contribution is -2.41. The zero-order valence-corrected chi connectivity index (χ0v) is 26.8. The zero-order valence-electron chi connectivity index (χ0n) is 25.9. The van der Waals surface area contributed by atoms with E-state index in [1.807, 2.05) is 45.0 Å². The minimum atomic E-state index is -0.546. The molecule has 0 saturated carbocycles. The highest BCUT2D eigenvalue weighted by molar-refractivity contribution is 7.12. The number of aromatic nitrogens is 4. The van der Waals surface area contributed by atoms with Crippen molar-refractivity contribution in [1.29, 1.82) is 0 Å². The van der Waals surface area contributed by atoms with Crippen molar-refractivity contribution >= 4 is 40.1 Å². The molecule has 5 heterocycles. The molecule has 2 aliphatic heterocycles. The van der Waals surface area contributed by atoms with Crippen molar-refractivity contribution < 1.29 is 23.8 Å². The van der Waals surface area contributed by atoms with E-state index >= 15 is 0 Å². The lowest BCUT2D eigenvalue weighted by atomic mass is 9.89. The third-order valence-electron chi connectivity index (χ3n) is 8.09. The molecule has 1 atom stereocenters. The first-order valence-electron chi connectivity index (χ1n) is 15.2. The van der Waals surface area contributed by atoms with Crippen LogP contribution < -0.4 is 15.7 Å². The Morgan fingerprint density at radius 1 is 1.16 bits per heavy atom. The summed E-state index contributed by atoms with van der Waals surface area (Å²) in [5.41, 5.74) is 2.01. The first-order chi connectivity index (χ1) is 21.6. The van der Waals surface area contributed by atoms with E-state index in [1.165, 1.54) is 9.13 Å². The number of hydrogen-bond donors (Lipinski definition) is 1. The molecule has 4 aromatic rings. The van der Waals surface area contributed by atoms with Crippen LogP contribution in [0.5, 0.6) is 5.75 Å². The molecule has 0 aliphatic carbocycles. The van der Waals surface area contributed by atoms with Gasteiger partial charge in [0, 0.05) is 38.3 Å². The van der Waals surface area contributed by atoms with Crippen molar-refractivity contribution in [3.63, 3.8) is 0 Å². The number of likely N-dealkylation sites (tertiary alicyclic amines) is 1.